The molecule has 90 valence electrons. The molecule has 0 bridgehead atoms. The van der Waals surface area contributed by atoms with Gasteiger partial charge in [-0.2, -0.15) is 0 Å². The van der Waals surface area contributed by atoms with Gasteiger partial charge in [0.2, 0.25) is 0 Å². The lowest BCUT2D eigenvalue weighted by molar-refractivity contribution is -0.110. The maximum absolute atomic E-state index is 10.4. The van der Waals surface area contributed by atoms with Crippen LogP contribution in [0, 0.1) is 5.92 Å². The van der Waals surface area contributed by atoms with Gasteiger partial charge < -0.3 is 9.90 Å². The van der Waals surface area contributed by atoms with Crippen LogP contribution in [0.5, 0.6) is 0 Å². The van der Waals surface area contributed by atoms with Crippen LogP contribution in [0.2, 0.25) is 0 Å². The second-order valence-corrected chi connectivity index (χ2v) is 4.45. The third kappa shape index (κ3) is 11.6. The fourth-order valence-electron chi connectivity index (χ4n) is 1.71. The Morgan fingerprint density at radius 1 is 0.933 bits per heavy atom. The summed E-state index contributed by atoms with van der Waals surface area (Å²) >= 11 is 0. The van der Waals surface area contributed by atoms with Crippen molar-refractivity contribution in [3.63, 3.8) is 0 Å². The van der Waals surface area contributed by atoms with Gasteiger partial charge in [-0.25, -0.2) is 0 Å². The molecule has 1 N–H and O–H groups in total. The van der Waals surface area contributed by atoms with Gasteiger partial charge in [0.25, 0.3) is 0 Å². The molecular weight excluding hydrogens is 188 g/mol. The molecule has 0 aromatic heterocycles. The van der Waals surface area contributed by atoms with Crippen molar-refractivity contribution >= 4 is 6.29 Å². The van der Waals surface area contributed by atoms with Gasteiger partial charge in [0.1, 0.15) is 6.29 Å². The zero-order valence-corrected chi connectivity index (χ0v) is 10.1. The molecule has 2 heteroatoms. The molecule has 1 atom stereocenters. The SMILES string of the molecule is CC(C=O)CCCCCCCCCCO. The standard InChI is InChI=1S/C13H26O2/c1-13(12-15)10-8-6-4-2-3-5-7-9-11-14/h12-14H,2-11H2,1H3. The highest BCUT2D eigenvalue weighted by molar-refractivity contribution is 5.52. The van der Waals surface area contributed by atoms with E-state index < -0.39 is 0 Å². The molecule has 0 aromatic rings. The van der Waals surface area contributed by atoms with E-state index in [4.69, 9.17) is 5.11 Å². The molecule has 0 heterocycles. The van der Waals surface area contributed by atoms with E-state index in [2.05, 4.69) is 0 Å². The molecule has 0 aliphatic carbocycles. The second-order valence-electron chi connectivity index (χ2n) is 4.45. The zero-order valence-electron chi connectivity index (χ0n) is 10.1. The molecule has 0 amide bonds. The smallest absolute Gasteiger partial charge is 0.122 e. The van der Waals surface area contributed by atoms with E-state index in [1.165, 1.54) is 44.9 Å². The molecule has 0 saturated carbocycles. The number of carbonyl (C=O) groups excluding carboxylic acids is 1. The van der Waals surface area contributed by atoms with Crippen LogP contribution in [-0.4, -0.2) is 18.0 Å². The average molecular weight is 214 g/mol. The fraction of sp³-hybridized carbons (Fsp3) is 0.923. The molecular formula is C13H26O2. The first-order chi connectivity index (χ1) is 7.31. The first-order valence-corrected chi connectivity index (χ1v) is 6.37. The molecule has 0 spiro atoms. The van der Waals surface area contributed by atoms with Crippen LogP contribution in [0.25, 0.3) is 0 Å². The lowest BCUT2D eigenvalue weighted by Crippen LogP contribution is -1.94. The van der Waals surface area contributed by atoms with Crippen LogP contribution in [0.15, 0.2) is 0 Å². The molecule has 0 aromatic carbocycles. The van der Waals surface area contributed by atoms with Crippen molar-refractivity contribution in [2.24, 2.45) is 5.92 Å². The number of aldehydes is 1. The minimum absolute atomic E-state index is 0.245. The van der Waals surface area contributed by atoms with Crippen molar-refractivity contribution in [2.75, 3.05) is 6.61 Å². The summed E-state index contributed by atoms with van der Waals surface area (Å²) in [6, 6.07) is 0. The Balaban J connectivity index is 2.95. The number of aliphatic hydroxyl groups is 1. The Bertz CT molecular complexity index is 134. The monoisotopic (exact) mass is 214 g/mol. The van der Waals surface area contributed by atoms with E-state index in [0.717, 1.165) is 19.1 Å². The van der Waals surface area contributed by atoms with Crippen LogP contribution in [-0.2, 0) is 4.79 Å². The molecule has 0 aliphatic heterocycles. The van der Waals surface area contributed by atoms with Crippen LogP contribution >= 0.6 is 0 Å². The zero-order chi connectivity index (χ0) is 11.4. The van der Waals surface area contributed by atoms with E-state index in [1.807, 2.05) is 6.92 Å². The average Bonchev–Trinajstić information content (AvgIpc) is 2.26. The van der Waals surface area contributed by atoms with Crippen molar-refractivity contribution in [3.8, 4) is 0 Å². The van der Waals surface area contributed by atoms with E-state index >= 15 is 0 Å². The van der Waals surface area contributed by atoms with Gasteiger partial charge >= 0.3 is 0 Å². The second kappa shape index (κ2) is 11.7. The third-order valence-corrected chi connectivity index (χ3v) is 2.80. The lowest BCUT2D eigenvalue weighted by atomic mass is 10.0. The van der Waals surface area contributed by atoms with Crippen molar-refractivity contribution < 1.29 is 9.90 Å². The molecule has 0 radical (unpaired) electrons. The summed E-state index contributed by atoms with van der Waals surface area (Å²) in [5, 5.41) is 8.59. The highest BCUT2D eigenvalue weighted by Gasteiger charge is 1.98. The maximum Gasteiger partial charge on any atom is 0.122 e. The minimum atomic E-state index is 0.245. The summed E-state index contributed by atoms with van der Waals surface area (Å²) in [6.07, 6.45) is 11.8. The van der Waals surface area contributed by atoms with E-state index in [-0.39, 0.29) is 5.92 Å². The van der Waals surface area contributed by atoms with Crippen LogP contribution < -0.4 is 0 Å². The summed E-state index contributed by atoms with van der Waals surface area (Å²) in [7, 11) is 0. The predicted octanol–water partition coefficient (Wildman–Crippen LogP) is 3.32. The molecule has 0 aliphatic rings. The Morgan fingerprint density at radius 3 is 1.87 bits per heavy atom. The maximum atomic E-state index is 10.4. The summed E-state index contributed by atoms with van der Waals surface area (Å²) in [5.41, 5.74) is 0. The van der Waals surface area contributed by atoms with E-state index in [1.54, 1.807) is 0 Å². The summed E-state index contributed by atoms with van der Waals surface area (Å²) in [4.78, 5) is 10.4. The molecule has 0 fully saturated rings. The molecule has 1 unspecified atom stereocenters. The Hall–Kier alpha value is -0.370. The van der Waals surface area contributed by atoms with Gasteiger partial charge in [0, 0.05) is 12.5 Å². The van der Waals surface area contributed by atoms with Crippen LogP contribution in [0.1, 0.15) is 64.7 Å². The van der Waals surface area contributed by atoms with Crippen LogP contribution in [0.3, 0.4) is 0 Å². The van der Waals surface area contributed by atoms with E-state index in [0.29, 0.717) is 6.61 Å². The normalized spacial score (nSPS) is 12.7. The highest BCUT2D eigenvalue weighted by Crippen LogP contribution is 2.11. The number of hydrogen-bond acceptors (Lipinski definition) is 2. The van der Waals surface area contributed by atoms with Crippen LogP contribution in [0.4, 0.5) is 0 Å². The van der Waals surface area contributed by atoms with Gasteiger partial charge in [0.15, 0.2) is 0 Å². The number of unbranched alkanes of at least 4 members (excludes halogenated alkanes) is 7. The Morgan fingerprint density at radius 2 is 1.40 bits per heavy atom. The quantitative estimate of drug-likeness (QED) is 0.423. The number of carbonyl (C=O) groups is 1. The first-order valence-electron chi connectivity index (χ1n) is 6.37. The van der Waals surface area contributed by atoms with Gasteiger partial charge in [-0.1, -0.05) is 51.9 Å². The lowest BCUT2D eigenvalue weighted by Gasteiger charge is -2.03. The van der Waals surface area contributed by atoms with Crippen molar-refractivity contribution in [3.05, 3.63) is 0 Å². The topological polar surface area (TPSA) is 37.3 Å². The fourth-order valence-corrected chi connectivity index (χ4v) is 1.71. The minimum Gasteiger partial charge on any atom is -0.396 e. The number of rotatable bonds is 11. The number of aliphatic hydroxyl groups excluding tert-OH is 1. The summed E-state index contributed by atoms with van der Waals surface area (Å²) in [6.45, 7) is 2.32. The largest absolute Gasteiger partial charge is 0.396 e. The molecule has 0 saturated heterocycles. The van der Waals surface area contributed by atoms with Gasteiger partial charge in [-0.3, -0.25) is 0 Å². The summed E-state index contributed by atoms with van der Waals surface area (Å²) < 4.78 is 0. The Kier molecular flexibility index (Phi) is 11.4. The van der Waals surface area contributed by atoms with Gasteiger partial charge in [-0.05, 0) is 12.8 Å². The first kappa shape index (κ1) is 14.6. The van der Waals surface area contributed by atoms with E-state index in [9.17, 15) is 4.79 Å². The Labute approximate surface area is 94.1 Å². The predicted molar refractivity (Wildman–Crippen MR) is 63.9 cm³/mol. The van der Waals surface area contributed by atoms with Gasteiger partial charge in [0.05, 0.1) is 0 Å². The molecule has 2 nitrogen and oxygen atoms in total. The molecule has 0 rings (SSSR count). The summed E-state index contributed by atoms with van der Waals surface area (Å²) in [5.74, 6) is 0.245. The molecule has 15 heavy (non-hydrogen) atoms. The van der Waals surface area contributed by atoms with Crippen molar-refractivity contribution in [1.29, 1.82) is 0 Å². The van der Waals surface area contributed by atoms with Crippen molar-refractivity contribution in [1.82, 2.24) is 0 Å². The third-order valence-electron chi connectivity index (χ3n) is 2.80. The van der Waals surface area contributed by atoms with Gasteiger partial charge in [-0.15, -0.1) is 0 Å². The highest BCUT2D eigenvalue weighted by atomic mass is 16.2. The van der Waals surface area contributed by atoms with Crippen molar-refractivity contribution in [2.45, 2.75) is 64.7 Å². The number of hydrogen-bond donors (Lipinski definition) is 1.